The minimum atomic E-state index is -4.57. The second-order valence-corrected chi connectivity index (χ2v) is 7.39. The zero-order valence-electron chi connectivity index (χ0n) is 14.8. The number of ether oxygens (including phenoxy) is 2. The summed E-state index contributed by atoms with van der Waals surface area (Å²) in [5.41, 5.74) is 0.259. The molecule has 0 unspecified atom stereocenters. The first-order valence-electron chi connectivity index (χ1n) is 8.12. The van der Waals surface area contributed by atoms with Crippen LogP contribution in [0.5, 0.6) is 0 Å². The van der Waals surface area contributed by atoms with Gasteiger partial charge in [-0.05, 0) is 17.7 Å². The van der Waals surface area contributed by atoms with E-state index in [0.29, 0.717) is 0 Å². The van der Waals surface area contributed by atoms with Crippen molar-refractivity contribution in [3.8, 4) is 0 Å². The van der Waals surface area contributed by atoms with Gasteiger partial charge in [-0.15, -0.1) is 0 Å². The molecule has 0 heterocycles. The molecule has 28 heavy (non-hydrogen) atoms. The Kier molecular flexibility index (Phi) is 5.17. The maximum Gasteiger partial charge on any atom is 0.342 e. The molecule has 144 valence electrons. The number of benzene rings is 3. The Balaban J connectivity index is 2.18. The van der Waals surface area contributed by atoms with Crippen LogP contribution in [0.4, 0.5) is 0 Å². The predicted octanol–water partition coefficient (Wildman–Crippen LogP) is 3.47. The van der Waals surface area contributed by atoms with E-state index in [1.165, 1.54) is 19.1 Å². The molecule has 7 nitrogen and oxygen atoms in total. The second-order valence-electron chi connectivity index (χ2n) is 6.03. The molecule has 0 radical (unpaired) electrons. The van der Waals surface area contributed by atoms with Crippen molar-refractivity contribution in [2.24, 2.45) is 0 Å². The number of esters is 2. The van der Waals surface area contributed by atoms with Crippen LogP contribution in [0, 0.1) is 0 Å². The van der Waals surface area contributed by atoms with E-state index in [-0.39, 0.29) is 37.6 Å². The highest BCUT2D eigenvalue weighted by Crippen LogP contribution is 2.36. The second kappa shape index (κ2) is 7.41. The van der Waals surface area contributed by atoms with E-state index in [0.717, 1.165) is 0 Å². The van der Waals surface area contributed by atoms with Crippen LogP contribution in [0.25, 0.3) is 21.5 Å². The van der Waals surface area contributed by atoms with Crippen molar-refractivity contribution < 1.29 is 32.0 Å². The minimum Gasteiger partial charge on any atom is -0.425 e. The van der Waals surface area contributed by atoms with Gasteiger partial charge in [0.1, 0.15) is 4.90 Å². The highest BCUT2D eigenvalue weighted by Gasteiger charge is 2.25. The standard InChI is InChI=1S/C20H16O7S/c1-12(2)19(21)26-11-27-20(22)17-13-7-3-5-9-15(13)18(28(23,24)25)16-10-6-4-8-14(16)17/h3-10H,1,11H2,2H3,(H,23,24,25). The van der Waals surface area contributed by atoms with Crippen molar-refractivity contribution in [2.45, 2.75) is 11.8 Å². The molecule has 3 rings (SSSR count). The van der Waals surface area contributed by atoms with Crippen LogP contribution in [-0.2, 0) is 24.4 Å². The largest absolute Gasteiger partial charge is 0.425 e. The lowest BCUT2D eigenvalue weighted by molar-refractivity contribution is -0.147. The molecule has 0 amide bonds. The third-order valence-corrected chi connectivity index (χ3v) is 5.03. The lowest BCUT2D eigenvalue weighted by atomic mass is 9.96. The minimum absolute atomic E-state index is 0.102. The number of carbonyl (C=O) groups excluding carboxylic acids is 2. The van der Waals surface area contributed by atoms with Crippen LogP contribution in [0.2, 0.25) is 0 Å². The number of rotatable bonds is 5. The van der Waals surface area contributed by atoms with E-state index in [1.54, 1.807) is 36.4 Å². The molecule has 0 fully saturated rings. The van der Waals surface area contributed by atoms with Gasteiger partial charge in [-0.2, -0.15) is 8.42 Å². The van der Waals surface area contributed by atoms with E-state index in [2.05, 4.69) is 6.58 Å². The summed E-state index contributed by atoms with van der Waals surface area (Å²) >= 11 is 0. The Bertz CT molecular complexity index is 1170. The molecule has 0 aliphatic carbocycles. The van der Waals surface area contributed by atoms with E-state index >= 15 is 0 Å². The summed E-state index contributed by atoms with van der Waals surface area (Å²) in [5.74, 6) is -1.51. The average molecular weight is 400 g/mol. The molecule has 0 aromatic heterocycles. The quantitative estimate of drug-likeness (QED) is 0.230. The molecule has 3 aromatic carbocycles. The summed E-state index contributed by atoms with van der Waals surface area (Å²) in [6, 6.07) is 12.5. The van der Waals surface area contributed by atoms with Crippen molar-refractivity contribution in [2.75, 3.05) is 6.79 Å². The average Bonchev–Trinajstić information content (AvgIpc) is 2.64. The highest BCUT2D eigenvalue weighted by atomic mass is 32.2. The molecule has 0 spiro atoms. The van der Waals surface area contributed by atoms with Crippen molar-refractivity contribution in [1.29, 1.82) is 0 Å². The highest BCUT2D eigenvalue weighted by molar-refractivity contribution is 7.86. The third kappa shape index (κ3) is 3.60. The molecule has 0 atom stereocenters. The Morgan fingerprint density at radius 1 is 0.929 bits per heavy atom. The summed E-state index contributed by atoms with van der Waals surface area (Å²) in [7, 11) is -4.57. The van der Waals surface area contributed by atoms with Gasteiger partial charge in [0.25, 0.3) is 10.1 Å². The first-order chi connectivity index (χ1) is 13.2. The fourth-order valence-corrected chi connectivity index (χ4v) is 3.83. The van der Waals surface area contributed by atoms with Crippen molar-refractivity contribution in [1.82, 2.24) is 0 Å². The van der Waals surface area contributed by atoms with Crippen LogP contribution in [0.3, 0.4) is 0 Å². The molecular formula is C20H16O7S. The maximum atomic E-state index is 12.7. The van der Waals surface area contributed by atoms with Gasteiger partial charge in [-0.25, -0.2) is 9.59 Å². The van der Waals surface area contributed by atoms with E-state index in [9.17, 15) is 22.6 Å². The summed E-state index contributed by atoms with van der Waals surface area (Å²) in [5, 5.41) is 0.916. The van der Waals surface area contributed by atoms with Gasteiger partial charge in [0.05, 0.1) is 5.56 Å². The van der Waals surface area contributed by atoms with Gasteiger partial charge < -0.3 is 9.47 Å². The number of hydrogen-bond acceptors (Lipinski definition) is 6. The van der Waals surface area contributed by atoms with E-state index in [4.69, 9.17) is 9.47 Å². The zero-order valence-corrected chi connectivity index (χ0v) is 15.7. The van der Waals surface area contributed by atoms with E-state index in [1.807, 2.05) is 0 Å². The first-order valence-corrected chi connectivity index (χ1v) is 9.56. The third-order valence-electron chi connectivity index (χ3n) is 4.07. The van der Waals surface area contributed by atoms with E-state index < -0.39 is 28.8 Å². The Labute approximate surface area is 160 Å². The lowest BCUT2D eigenvalue weighted by Gasteiger charge is -2.14. The van der Waals surface area contributed by atoms with Gasteiger partial charge in [0, 0.05) is 16.3 Å². The summed E-state index contributed by atoms with van der Waals surface area (Å²) in [6.07, 6.45) is 0. The normalized spacial score (nSPS) is 11.4. The van der Waals surface area contributed by atoms with Gasteiger partial charge in [-0.3, -0.25) is 4.55 Å². The SMILES string of the molecule is C=C(C)C(=O)OCOC(=O)c1c2ccccc2c(S(=O)(=O)O)c2ccccc12. The summed E-state index contributed by atoms with van der Waals surface area (Å²) < 4.78 is 43.6. The molecule has 0 aliphatic heterocycles. The maximum absolute atomic E-state index is 12.7. The monoisotopic (exact) mass is 400 g/mol. The van der Waals surface area contributed by atoms with Gasteiger partial charge in [0.15, 0.2) is 0 Å². The molecule has 0 saturated carbocycles. The zero-order chi connectivity index (χ0) is 20.5. The molecule has 3 aromatic rings. The summed E-state index contributed by atoms with van der Waals surface area (Å²) in [6.45, 7) is 4.27. The Morgan fingerprint density at radius 3 is 1.82 bits per heavy atom. The smallest absolute Gasteiger partial charge is 0.342 e. The number of hydrogen-bond donors (Lipinski definition) is 1. The van der Waals surface area contributed by atoms with Crippen molar-refractivity contribution in [3.05, 3.63) is 66.2 Å². The van der Waals surface area contributed by atoms with Gasteiger partial charge >= 0.3 is 11.9 Å². The topological polar surface area (TPSA) is 107 Å². The lowest BCUT2D eigenvalue weighted by Crippen LogP contribution is -2.14. The van der Waals surface area contributed by atoms with Crippen LogP contribution in [-0.4, -0.2) is 31.7 Å². The van der Waals surface area contributed by atoms with Crippen LogP contribution in [0.15, 0.2) is 65.6 Å². The van der Waals surface area contributed by atoms with Crippen LogP contribution < -0.4 is 0 Å². The molecule has 0 bridgehead atoms. The first kappa shape index (κ1) is 19.5. The number of fused-ring (bicyclic) bond motifs is 2. The van der Waals surface area contributed by atoms with Gasteiger partial charge in [0.2, 0.25) is 6.79 Å². The van der Waals surface area contributed by atoms with Gasteiger partial charge in [-0.1, -0.05) is 55.1 Å². The molecule has 1 N–H and O–H groups in total. The summed E-state index contributed by atoms with van der Waals surface area (Å²) in [4.78, 5) is 23.9. The van der Waals surface area contributed by atoms with Crippen molar-refractivity contribution in [3.63, 3.8) is 0 Å². The van der Waals surface area contributed by atoms with Crippen molar-refractivity contribution >= 4 is 43.6 Å². The Morgan fingerprint density at radius 2 is 1.39 bits per heavy atom. The predicted molar refractivity (Wildman–Crippen MR) is 102 cm³/mol. The molecular weight excluding hydrogens is 384 g/mol. The molecule has 8 heteroatoms. The number of carbonyl (C=O) groups is 2. The fraction of sp³-hybridized carbons (Fsp3) is 0.100. The Hall–Kier alpha value is -3.23. The van der Waals surface area contributed by atoms with Crippen LogP contribution >= 0.6 is 0 Å². The fourth-order valence-electron chi connectivity index (χ4n) is 2.92. The molecule has 0 aliphatic rings. The van der Waals surface area contributed by atoms with Crippen LogP contribution in [0.1, 0.15) is 17.3 Å². The molecule has 0 saturated heterocycles.